The largest absolute Gasteiger partial charge is 0.212 e. The van der Waals surface area contributed by atoms with Crippen molar-refractivity contribution < 1.29 is 8.42 Å². The Morgan fingerprint density at radius 1 is 1.22 bits per heavy atom. The van der Waals surface area contributed by atoms with E-state index >= 15 is 0 Å². The number of alkyl halides is 1. The Kier molecular flexibility index (Phi) is 6.43. The summed E-state index contributed by atoms with van der Waals surface area (Å²) in [6.45, 7) is 1.81. The maximum Gasteiger partial charge on any atom is 0.212 e. The van der Waals surface area contributed by atoms with Crippen molar-refractivity contribution in [3.05, 3.63) is 34.9 Å². The molecule has 0 fully saturated rings. The van der Waals surface area contributed by atoms with E-state index in [1.54, 1.807) is 12.1 Å². The summed E-state index contributed by atoms with van der Waals surface area (Å²) in [4.78, 5) is 0. The third-order valence-corrected chi connectivity index (χ3v) is 4.58. The molecule has 0 bridgehead atoms. The predicted molar refractivity (Wildman–Crippen MR) is 76.7 cm³/mol. The fourth-order valence-electron chi connectivity index (χ4n) is 1.53. The van der Waals surface area contributed by atoms with Crippen LogP contribution in [0.4, 0.5) is 0 Å². The summed E-state index contributed by atoms with van der Waals surface area (Å²) < 4.78 is 26.2. The molecule has 1 aromatic carbocycles. The summed E-state index contributed by atoms with van der Waals surface area (Å²) >= 11 is 11.3. The Hall–Kier alpha value is -0.290. The first-order valence-electron chi connectivity index (χ1n) is 5.76. The summed E-state index contributed by atoms with van der Waals surface area (Å²) in [5.41, 5.74) is 0.889. The standard InChI is InChI=1S/C12H17Cl2NO2S/c1-10(11-4-6-12(14)7-5-11)15-18(16,17)9-3-2-8-13/h4-7,10,15H,2-3,8-9H2,1H3/t10-/m0/s1. The van der Waals surface area contributed by atoms with Gasteiger partial charge in [0.25, 0.3) is 0 Å². The van der Waals surface area contributed by atoms with Gasteiger partial charge in [0.2, 0.25) is 10.0 Å². The Bertz CT molecular complexity index is 459. The minimum Gasteiger partial charge on any atom is -0.212 e. The predicted octanol–water partition coefficient (Wildman–Crippen LogP) is 3.34. The number of unbranched alkanes of at least 4 members (excludes halogenated alkanes) is 1. The molecule has 1 aromatic rings. The maximum atomic E-state index is 11.8. The number of rotatable bonds is 7. The first-order chi connectivity index (χ1) is 8.44. The monoisotopic (exact) mass is 309 g/mol. The Morgan fingerprint density at radius 2 is 1.83 bits per heavy atom. The van der Waals surface area contributed by atoms with Crippen LogP contribution in [-0.4, -0.2) is 20.1 Å². The zero-order valence-corrected chi connectivity index (χ0v) is 12.5. The zero-order chi connectivity index (χ0) is 13.6. The van der Waals surface area contributed by atoms with Gasteiger partial charge in [0.1, 0.15) is 0 Å². The maximum absolute atomic E-state index is 11.8. The zero-order valence-electron chi connectivity index (χ0n) is 10.2. The molecular weight excluding hydrogens is 293 g/mol. The molecule has 0 amide bonds. The van der Waals surface area contributed by atoms with Crippen LogP contribution in [0.25, 0.3) is 0 Å². The van der Waals surface area contributed by atoms with Gasteiger partial charge in [-0.1, -0.05) is 23.7 Å². The first-order valence-corrected chi connectivity index (χ1v) is 8.32. The number of hydrogen-bond donors (Lipinski definition) is 1. The average Bonchev–Trinajstić information content (AvgIpc) is 2.29. The van der Waals surface area contributed by atoms with Crippen LogP contribution in [0.3, 0.4) is 0 Å². The van der Waals surface area contributed by atoms with Gasteiger partial charge in [-0.25, -0.2) is 13.1 Å². The number of benzene rings is 1. The van der Waals surface area contributed by atoms with Gasteiger partial charge in [-0.05, 0) is 37.5 Å². The van der Waals surface area contributed by atoms with Crippen LogP contribution < -0.4 is 4.72 Å². The average molecular weight is 310 g/mol. The van der Waals surface area contributed by atoms with E-state index in [1.165, 1.54) is 0 Å². The van der Waals surface area contributed by atoms with Crippen molar-refractivity contribution in [2.45, 2.75) is 25.8 Å². The van der Waals surface area contributed by atoms with Gasteiger partial charge in [-0.3, -0.25) is 0 Å². The summed E-state index contributed by atoms with van der Waals surface area (Å²) in [5.74, 6) is 0.597. The molecule has 0 saturated heterocycles. The van der Waals surface area contributed by atoms with Gasteiger partial charge in [0.15, 0.2) is 0 Å². The fourth-order valence-corrected chi connectivity index (χ4v) is 3.23. The van der Waals surface area contributed by atoms with Gasteiger partial charge >= 0.3 is 0 Å². The summed E-state index contributed by atoms with van der Waals surface area (Å²) in [5, 5.41) is 0.635. The van der Waals surface area contributed by atoms with E-state index < -0.39 is 10.0 Å². The molecule has 3 nitrogen and oxygen atoms in total. The highest BCUT2D eigenvalue weighted by atomic mass is 35.5. The highest BCUT2D eigenvalue weighted by Gasteiger charge is 2.15. The molecule has 0 spiro atoms. The van der Waals surface area contributed by atoms with Crippen molar-refractivity contribution in [3.8, 4) is 0 Å². The molecule has 1 N–H and O–H groups in total. The van der Waals surface area contributed by atoms with Gasteiger partial charge in [0.05, 0.1) is 5.75 Å². The smallest absolute Gasteiger partial charge is 0.212 e. The Labute approximate surface area is 119 Å². The molecule has 1 rings (SSSR count). The van der Waals surface area contributed by atoms with E-state index in [4.69, 9.17) is 23.2 Å². The fraction of sp³-hybridized carbons (Fsp3) is 0.500. The third-order valence-electron chi connectivity index (χ3n) is 2.52. The number of sulfonamides is 1. The van der Waals surface area contributed by atoms with Crippen LogP contribution in [0.15, 0.2) is 24.3 Å². The van der Waals surface area contributed by atoms with E-state index in [1.807, 2.05) is 19.1 Å². The van der Waals surface area contributed by atoms with E-state index in [9.17, 15) is 8.42 Å². The number of halogens is 2. The molecule has 0 heterocycles. The van der Waals surface area contributed by atoms with Crippen LogP contribution in [0.5, 0.6) is 0 Å². The summed E-state index contributed by atoms with van der Waals surface area (Å²) in [7, 11) is -3.25. The molecule has 0 aliphatic rings. The first kappa shape index (κ1) is 15.8. The molecule has 6 heteroatoms. The lowest BCUT2D eigenvalue weighted by molar-refractivity contribution is 0.564. The van der Waals surface area contributed by atoms with Crippen molar-refractivity contribution >= 4 is 33.2 Å². The third kappa shape index (κ3) is 5.57. The van der Waals surface area contributed by atoms with E-state index in [0.29, 0.717) is 23.7 Å². The molecule has 0 unspecified atom stereocenters. The molecular formula is C12H17Cl2NO2S. The molecule has 0 aromatic heterocycles. The molecule has 1 atom stereocenters. The van der Waals surface area contributed by atoms with E-state index in [-0.39, 0.29) is 11.8 Å². The Balaban J connectivity index is 2.58. The van der Waals surface area contributed by atoms with Crippen LogP contribution in [0.2, 0.25) is 5.02 Å². The van der Waals surface area contributed by atoms with Gasteiger partial charge in [0, 0.05) is 16.9 Å². The Morgan fingerprint density at radius 3 is 2.39 bits per heavy atom. The van der Waals surface area contributed by atoms with Gasteiger partial charge in [-0.2, -0.15) is 0 Å². The van der Waals surface area contributed by atoms with Crippen LogP contribution in [-0.2, 0) is 10.0 Å². The molecule has 0 radical (unpaired) electrons. The lowest BCUT2D eigenvalue weighted by Gasteiger charge is -2.14. The lowest BCUT2D eigenvalue weighted by atomic mass is 10.1. The minimum absolute atomic E-state index is 0.109. The lowest BCUT2D eigenvalue weighted by Crippen LogP contribution is -2.29. The second kappa shape index (κ2) is 7.34. The molecule has 0 saturated carbocycles. The number of nitrogens with one attached hydrogen (secondary N) is 1. The summed E-state index contributed by atoms with van der Waals surface area (Å²) in [6.07, 6.45) is 1.28. The number of hydrogen-bond acceptors (Lipinski definition) is 2. The van der Waals surface area contributed by atoms with Gasteiger partial charge in [-0.15, -0.1) is 11.6 Å². The normalized spacial score (nSPS) is 13.5. The molecule has 0 aliphatic carbocycles. The van der Waals surface area contributed by atoms with Crippen molar-refractivity contribution in [1.82, 2.24) is 4.72 Å². The van der Waals surface area contributed by atoms with Crippen LogP contribution in [0, 0.1) is 0 Å². The van der Waals surface area contributed by atoms with Crippen LogP contribution in [0.1, 0.15) is 31.4 Å². The highest BCUT2D eigenvalue weighted by molar-refractivity contribution is 7.89. The molecule has 18 heavy (non-hydrogen) atoms. The van der Waals surface area contributed by atoms with E-state index in [0.717, 1.165) is 5.56 Å². The second-order valence-corrected chi connectivity index (χ2v) is 6.79. The second-order valence-electron chi connectivity index (χ2n) is 4.11. The van der Waals surface area contributed by atoms with Crippen molar-refractivity contribution in [2.24, 2.45) is 0 Å². The SMILES string of the molecule is C[C@H](NS(=O)(=O)CCCCCl)c1ccc(Cl)cc1. The molecule has 0 aliphatic heterocycles. The quantitative estimate of drug-likeness (QED) is 0.620. The minimum atomic E-state index is -3.25. The van der Waals surface area contributed by atoms with E-state index in [2.05, 4.69) is 4.72 Å². The molecule has 102 valence electrons. The van der Waals surface area contributed by atoms with Crippen molar-refractivity contribution in [1.29, 1.82) is 0 Å². The topological polar surface area (TPSA) is 46.2 Å². The highest BCUT2D eigenvalue weighted by Crippen LogP contribution is 2.17. The van der Waals surface area contributed by atoms with Crippen molar-refractivity contribution in [3.63, 3.8) is 0 Å². The van der Waals surface area contributed by atoms with Crippen LogP contribution >= 0.6 is 23.2 Å². The summed E-state index contributed by atoms with van der Waals surface area (Å²) in [6, 6.07) is 6.86. The van der Waals surface area contributed by atoms with Gasteiger partial charge < -0.3 is 0 Å². The van der Waals surface area contributed by atoms with Crippen molar-refractivity contribution in [2.75, 3.05) is 11.6 Å².